The molecule has 3 heteroatoms. The fourth-order valence-corrected chi connectivity index (χ4v) is 2.16. The number of hydrogen-bond acceptors (Lipinski definition) is 3. The first-order chi connectivity index (χ1) is 9.40. The van der Waals surface area contributed by atoms with Crippen LogP contribution in [-0.2, 0) is 14.2 Å². The second-order valence-corrected chi connectivity index (χ2v) is 5.25. The van der Waals surface area contributed by atoms with Gasteiger partial charge in [0.2, 0.25) is 0 Å². The average Bonchev–Trinajstić information content (AvgIpc) is 3.30. The predicted molar refractivity (Wildman–Crippen MR) is 76.3 cm³/mol. The van der Waals surface area contributed by atoms with E-state index in [4.69, 9.17) is 14.2 Å². The fourth-order valence-electron chi connectivity index (χ4n) is 2.16. The van der Waals surface area contributed by atoms with Crippen molar-refractivity contribution in [3.05, 3.63) is 24.3 Å². The highest BCUT2D eigenvalue weighted by Gasteiger charge is 2.38. The molecule has 0 spiro atoms. The lowest BCUT2D eigenvalue weighted by atomic mass is 10.1. The van der Waals surface area contributed by atoms with E-state index in [9.17, 15) is 0 Å². The summed E-state index contributed by atoms with van der Waals surface area (Å²) in [4.78, 5) is 0. The molecule has 0 saturated carbocycles. The Balaban J connectivity index is 1.36. The van der Waals surface area contributed by atoms with Crippen molar-refractivity contribution in [1.29, 1.82) is 0 Å². The smallest absolute Gasteiger partial charge is 0.107 e. The zero-order valence-electron chi connectivity index (χ0n) is 11.9. The summed E-state index contributed by atoms with van der Waals surface area (Å²) >= 11 is 0. The lowest BCUT2D eigenvalue weighted by molar-refractivity contribution is 0.140. The van der Waals surface area contributed by atoms with Gasteiger partial charge in [-0.15, -0.1) is 0 Å². The van der Waals surface area contributed by atoms with Gasteiger partial charge in [0.25, 0.3) is 0 Å². The minimum absolute atomic E-state index is 0.344. The van der Waals surface area contributed by atoms with Gasteiger partial charge in [-0.25, -0.2) is 0 Å². The molecule has 3 nitrogen and oxygen atoms in total. The number of rotatable bonds is 11. The van der Waals surface area contributed by atoms with Crippen LogP contribution in [0.5, 0.6) is 0 Å². The van der Waals surface area contributed by atoms with Crippen LogP contribution >= 0.6 is 0 Å². The zero-order chi connectivity index (χ0) is 13.3. The van der Waals surface area contributed by atoms with Gasteiger partial charge in [-0.3, -0.25) is 0 Å². The van der Waals surface area contributed by atoms with Crippen LogP contribution in [0.2, 0.25) is 0 Å². The third kappa shape index (κ3) is 6.90. The molecule has 2 aliphatic heterocycles. The zero-order valence-corrected chi connectivity index (χ0v) is 11.9. The molecule has 0 aliphatic carbocycles. The van der Waals surface area contributed by atoms with Crippen molar-refractivity contribution in [3.8, 4) is 0 Å². The van der Waals surface area contributed by atoms with Crippen molar-refractivity contribution in [2.75, 3.05) is 19.8 Å². The highest BCUT2D eigenvalue weighted by atomic mass is 16.6. The van der Waals surface area contributed by atoms with E-state index < -0.39 is 0 Å². The molecule has 0 aromatic carbocycles. The Morgan fingerprint density at radius 2 is 1.95 bits per heavy atom. The Morgan fingerprint density at radius 3 is 2.74 bits per heavy atom. The molecule has 2 fully saturated rings. The highest BCUT2D eigenvalue weighted by Crippen LogP contribution is 2.28. The molecule has 2 rings (SSSR count). The maximum absolute atomic E-state index is 5.58. The van der Waals surface area contributed by atoms with Crippen molar-refractivity contribution in [2.45, 2.75) is 57.3 Å². The molecule has 3 unspecified atom stereocenters. The Bertz CT molecular complexity index is 294. The molecule has 3 atom stereocenters. The summed E-state index contributed by atoms with van der Waals surface area (Å²) < 4.78 is 16.3. The molecule has 0 N–H and O–H groups in total. The van der Waals surface area contributed by atoms with Crippen LogP contribution in [0.25, 0.3) is 0 Å². The topological polar surface area (TPSA) is 34.3 Å². The van der Waals surface area contributed by atoms with Gasteiger partial charge in [-0.1, -0.05) is 24.3 Å². The standard InChI is InChI=1S/C16H26O3/c1-2-3-4-5-6-7-11-17-13-16-15(19-16)10-8-9-14-12-18-14/h2-3,6-7,14-16H,4-5,8-13H2,1H3. The van der Waals surface area contributed by atoms with Crippen molar-refractivity contribution < 1.29 is 14.2 Å². The van der Waals surface area contributed by atoms with E-state index in [1.807, 2.05) is 0 Å². The second kappa shape index (κ2) is 8.51. The van der Waals surface area contributed by atoms with Crippen LogP contribution in [0.4, 0.5) is 0 Å². The van der Waals surface area contributed by atoms with Crippen molar-refractivity contribution in [3.63, 3.8) is 0 Å². The minimum Gasteiger partial charge on any atom is -0.375 e. The Labute approximate surface area is 116 Å². The summed E-state index contributed by atoms with van der Waals surface area (Å²) in [7, 11) is 0. The summed E-state index contributed by atoms with van der Waals surface area (Å²) in [5.74, 6) is 0. The van der Waals surface area contributed by atoms with E-state index in [-0.39, 0.29) is 0 Å². The third-order valence-corrected chi connectivity index (χ3v) is 3.50. The molecule has 2 aliphatic rings. The van der Waals surface area contributed by atoms with Crippen LogP contribution in [-0.4, -0.2) is 38.1 Å². The van der Waals surface area contributed by atoms with Crippen molar-refractivity contribution in [2.24, 2.45) is 0 Å². The van der Waals surface area contributed by atoms with E-state index >= 15 is 0 Å². The molecule has 0 aromatic rings. The third-order valence-electron chi connectivity index (χ3n) is 3.50. The maximum Gasteiger partial charge on any atom is 0.107 e. The summed E-state index contributed by atoms with van der Waals surface area (Å²) in [5.41, 5.74) is 0. The van der Waals surface area contributed by atoms with Crippen molar-refractivity contribution >= 4 is 0 Å². The quantitative estimate of drug-likeness (QED) is 0.327. The average molecular weight is 266 g/mol. The van der Waals surface area contributed by atoms with Gasteiger partial charge < -0.3 is 14.2 Å². The first kappa shape index (κ1) is 14.8. The fraction of sp³-hybridized carbons (Fsp3) is 0.750. The summed E-state index contributed by atoms with van der Waals surface area (Å²) in [6.45, 7) is 4.47. The molecule has 108 valence electrons. The molecule has 0 amide bonds. The maximum atomic E-state index is 5.58. The molecule has 2 saturated heterocycles. The number of ether oxygens (including phenoxy) is 3. The molecule has 0 aromatic heterocycles. The van der Waals surface area contributed by atoms with Crippen LogP contribution in [0.15, 0.2) is 24.3 Å². The van der Waals surface area contributed by atoms with Gasteiger partial charge in [-0.05, 0) is 39.0 Å². The van der Waals surface area contributed by atoms with E-state index in [0.29, 0.717) is 24.9 Å². The SMILES string of the molecule is CC=CCCC=CCOCC1OC1CCCC1CO1. The molecule has 2 heterocycles. The highest BCUT2D eigenvalue weighted by molar-refractivity contribution is 4.88. The lowest BCUT2D eigenvalue weighted by Gasteiger charge is -1.97. The summed E-state index contributed by atoms with van der Waals surface area (Å²) in [5, 5.41) is 0. The molecular formula is C16H26O3. The largest absolute Gasteiger partial charge is 0.375 e. The lowest BCUT2D eigenvalue weighted by Crippen LogP contribution is -2.05. The Kier molecular flexibility index (Phi) is 6.62. The molecule has 19 heavy (non-hydrogen) atoms. The van der Waals surface area contributed by atoms with Gasteiger partial charge in [0.1, 0.15) is 6.10 Å². The van der Waals surface area contributed by atoms with Crippen LogP contribution in [0.1, 0.15) is 39.0 Å². The van der Waals surface area contributed by atoms with E-state index in [0.717, 1.165) is 32.5 Å². The van der Waals surface area contributed by atoms with Crippen LogP contribution in [0.3, 0.4) is 0 Å². The van der Waals surface area contributed by atoms with Gasteiger partial charge in [0, 0.05) is 0 Å². The molecule has 0 radical (unpaired) electrons. The monoisotopic (exact) mass is 266 g/mol. The Morgan fingerprint density at radius 1 is 1.11 bits per heavy atom. The van der Waals surface area contributed by atoms with E-state index in [1.54, 1.807) is 0 Å². The molecular weight excluding hydrogens is 240 g/mol. The summed E-state index contributed by atoms with van der Waals surface area (Å²) in [6, 6.07) is 0. The van der Waals surface area contributed by atoms with Crippen LogP contribution < -0.4 is 0 Å². The van der Waals surface area contributed by atoms with Crippen molar-refractivity contribution in [1.82, 2.24) is 0 Å². The van der Waals surface area contributed by atoms with Gasteiger partial charge in [0.15, 0.2) is 0 Å². The second-order valence-electron chi connectivity index (χ2n) is 5.25. The first-order valence-corrected chi connectivity index (χ1v) is 7.51. The van der Waals surface area contributed by atoms with Gasteiger partial charge >= 0.3 is 0 Å². The van der Waals surface area contributed by atoms with Crippen LogP contribution in [0, 0.1) is 0 Å². The Hall–Kier alpha value is -0.640. The number of hydrogen-bond donors (Lipinski definition) is 0. The van der Waals surface area contributed by atoms with Gasteiger partial charge in [-0.2, -0.15) is 0 Å². The number of unbranched alkanes of at least 4 members (excludes halogenated alkanes) is 1. The number of epoxide rings is 2. The first-order valence-electron chi connectivity index (χ1n) is 7.51. The summed E-state index contributed by atoms with van der Waals surface area (Å²) in [6.07, 6.45) is 15.7. The predicted octanol–water partition coefficient (Wildman–Crippen LogP) is 3.25. The molecule has 0 bridgehead atoms. The van der Waals surface area contributed by atoms with E-state index in [1.165, 1.54) is 12.8 Å². The normalized spacial score (nSPS) is 29.4. The van der Waals surface area contributed by atoms with E-state index in [2.05, 4.69) is 31.2 Å². The van der Waals surface area contributed by atoms with Gasteiger partial charge in [0.05, 0.1) is 32.0 Å². The minimum atomic E-state index is 0.344. The number of allylic oxidation sites excluding steroid dienone is 3.